The van der Waals surface area contributed by atoms with E-state index in [1.807, 2.05) is 30.3 Å². The van der Waals surface area contributed by atoms with Gasteiger partial charge in [-0.05, 0) is 42.5 Å². The number of aromatic nitrogens is 2. The molecule has 0 fully saturated rings. The zero-order chi connectivity index (χ0) is 15.4. The Morgan fingerprint density at radius 2 is 1.91 bits per heavy atom. The molecule has 2 aromatic heterocycles. The molecule has 2 heterocycles. The summed E-state index contributed by atoms with van der Waals surface area (Å²) in [6, 6.07) is 16.0. The van der Waals surface area contributed by atoms with E-state index in [4.69, 9.17) is 5.11 Å². The lowest BCUT2D eigenvalue weighted by Gasteiger charge is -2.07. The van der Waals surface area contributed by atoms with Crippen molar-refractivity contribution in [1.29, 1.82) is 0 Å². The highest BCUT2D eigenvalue weighted by Gasteiger charge is 2.04. The summed E-state index contributed by atoms with van der Waals surface area (Å²) in [4.78, 5) is 19.6. The third-order valence-corrected chi connectivity index (χ3v) is 3.11. The monoisotopic (exact) mass is 291 g/mol. The van der Waals surface area contributed by atoms with Crippen LogP contribution in [0.15, 0.2) is 67.0 Å². The Bertz CT molecular complexity index is 787. The predicted molar refractivity (Wildman–Crippen MR) is 84.2 cm³/mol. The van der Waals surface area contributed by atoms with E-state index in [1.165, 1.54) is 0 Å². The minimum atomic E-state index is -0.956. The second-order valence-electron chi connectivity index (χ2n) is 4.66. The Labute approximate surface area is 127 Å². The van der Waals surface area contributed by atoms with Crippen LogP contribution in [0.3, 0.4) is 0 Å². The Morgan fingerprint density at radius 3 is 2.59 bits per heavy atom. The molecule has 0 saturated carbocycles. The molecule has 108 valence electrons. The van der Waals surface area contributed by atoms with Gasteiger partial charge in [0, 0.05) is 23.6 Å². The van der Waals surface area contributed by atoms with Gasteiger partial charge in [-0.15, -0.1) is 0 Å². The fourth-order valence-corrected chi connectivity index (χ4v) is 2.03. The van der Waals surface area contributed by atoms with Gasteiger partial charge in [0.2, 0.25) is 0 Å². The van der Waals surface area contributed by atoms with E-state index in [2.05, 4.69) is 15.3 Å². The Morgan fingerprint density at radius 1 is 1.00 bits per heavy atom. The second kappa shape index (κ2) is 6.05. The van der Waals surface area contributed by atoms with Crippen LogP contribution in [-0.2, 0) is 0 Å². The predicted octanol–water partition coefficient (Wildman–Crippen LogP) is 3.59. The van der Waals surface area contributed by atoms with Crippen molar-refractivity contribution in [2.75, 3.05) is 5.32 Å². The molecule has 0 aliphatic carbocycles. The minimum absolute atomic E-state index is 0.232. The van der Waals surface area contributed by atoms with E-state index in [-0.39, 0.29) is 5.56 Å². The van der Waals surface area contributed by atoms with Crippen LogP contribution < -0.4 is 5.32 Å². The molecular formula is C17H13N3O2. The molecule has 22 heavy (non-hydrogen) atoms. The second-order valence-corrected chi connectivity index (χ2v) is 4.66. The van der Waals surface area contributed by atoms with E-state index in [1.54, 1.807) is 36.7 Å². The summed E-state index contributed by atoms with van der Waals surface area (Å²) < 4.78 is 0. The largest absolute Gasteiger partial charge is 0.478 e. The Hall–Kier alpha value is -3.21. The highest BCUT2D eigenvalue weighted by molar-refractivity contribution is 5.89. The van der Waals surface area contributed by atoms with Gasteiger partial charge in [0.25, 0.3) is 0 Å². The van der Waals surface area contributed by atoms with E-state index < -0.39 is 5.97 Å². The number of carbonyl (C=O) groups is 1. The number of rotatable bonds is 4. The van der Waals surface area contributed by atoms with Gasteiger partial charge in [-0.3, -0.25) is 4.98 Å². The summed E-state index contributed by atoms with van der Waals surface area (Å²) in [6.07, 6.45) is 3.46. The first kappa shape index (κ1) is 13.8. The number of nitrogens with zero attached hydrogens (tertiary/aromatic N) is 2. The maximum atomic E-state index is 11.0. The standard InChI is InChI=1S/C17H13N3O2/c21-17(22)12-4-3-5-14(10-12)20-16-8-7-13(11-19-16)15-6-1-2-9-18-15/h1-11H,(H,19,20)(H,21,22). The number of carboxylic acid groups (broad SMARTS) is 1. The van der Waals surface area contributed by atoms with Gasteiger partial charge in [0.15, 0.2) is 0 Å². The molecule has 1 aromatic carbocycles. The first-order chi connectivity index (χ1) is 10.7. The SMILES string of the molecule is O=C(O)c1cccc(Nc2ccc(-c3ccccn3)cn2)c1. The zero-order valence-corrected chi connectivity index (χ0v) is 11.6. The average Bonchev–Trinajstić information content (AvgIpc) is 2.56. The lowest BCUT2D eigenvalue weighted by Crippen LogP contribution is -1.98. The third kappa shape index (κ3) is 3.09. The van der Waals surface area contributed by atoms with Crippen molar-refractivity contribution >= 4 is 17.5 Å². The van der Waals surface area contributed by atoms with Gasteiger partial charge in [0.1, 0.15) is 5.82 Å². The van der Waals surface area contributed by atoms with Gasteiger partial charge in [0.05, 0.1) is 11.3 Å². The number of nitrogens with one attached hydrogen (secondary N) is 1. The molecule has 0 aliphatic rings. The number of pyridine rings is 2. The summed E-state index contributed by atoms with van der Waals surface area (Å²) in [6.45, 7) is 0. The Balaban J connectivity index is 1.79. The summed E-state index contributed by atoms with van der Waals surface area (Å²) in [5, 5.41) is 12.1. The lowest BCUT2D eigenvalue weighted by atomic mass is 10.2. The van der Waals surface area contributed by atoms with Crippen molar-refractivity contribution in [2.24, 2.45) is 0 Å². The molecule has 3 rings (SSSR count). The van der Waals surface area contributed by atoms with Gasteiger partial charge in [-0.1, -0.05) is 12.1 Å². The summed E-state index contributed by atoms with van der Waals surface area (Å²) in [5.41, 5.74) is 2.69. The van der Waals surface area contributed by atoms with Crippen LogP contribution in [0.25, 0.3) is 11.3 Å². The first-order valence-electron chi connectivity index (χ1n) is 6.70. The van der Waals surface area contributed by atoms with Gasteiger partial charge >= 0.3 is 5.97 Å². The highest BCUT2D eigenvalue weighted by Crippen LogP contribution is 2.20. The topological polar surface area (TPSA) is 75.1 Å². The molecule has 2 N–H and O–H groups in total. The smallest absolute Gasteiger partial charge is 0.335 e. The molecule has 0 bridgehead atoms. The Kier molecular flexibility index (Phi) is 3.78. The summed E-state index contributed by atoms with van der Waals surface area (Å²) >= 11 is 0. The van der Waals surface area contributed by atoms with Crippen LogP contribution in [0.1, 0.15) is 10.4 Å². The fraction of sp³-hybridized carbons (Fsp3) is 0. The zero-order valence-electron chi connectivity index (χ0n) is 11.6. The fourth-order valence-electron chi connectivity index (χ4n) is 2.03. The van der Waals surface area contributed by atoms with E-state index >= 15 is 0 Å². The van der Waals surface area contributed by atoms with Crippen LogP contribution in [0.4, 0.5) is 11.5 Å². The number of carboxylic acids is 1. The van der Waals surface area contributed by atoms with E-state index in [9.17, 15) is 4.79 Å². The molecule has 5 heteroatoms. The van der Waals surface area contributed by atoms with Crippen LogP contribution in [-0.4, -0.2) is 21.0 Å². The number of anilines is 2. The van der Waals surface area contributed by atoms with Crippen LogP contribution in [0.2, 0.25) is 0 Å². The van der Waals surface area contributed by atoms with Crippen molar-refractivity contribution < 1.29 is 9.90 Å². The van der Waals surface area contributed by atoms with Crippen LogP contribution in [0.5, 0.6) is 0 Å². The lowest BCUT2D eigenvalue weighted by molar-refractivity contribution is 0.0697. The molecule has 0 atom stereocenters. The summed E-state index contributed by atoms with van der Waals surface area (Å²) in [5.74, 6) is -0.315. The highest BCUT2D eigenvalue weighted by atomic mass is 16.4. The molecular weight excluding hydrogens is 278 g/mol. The van der Waals surface area contributed by atoms with Gasteiger partial charge in [-0.25, -0.2) is 9.78 Å². The maximum Gasteiger partial charge on any atom is 0.335 e. The molecule has 0 spiro atoms. The molecule has 0 radical (unpaired) electrons. The number of hydrogen-bond acceptors (Lipinski definition) is 4. The van der Waals surface area contributed by atoms with Crippen molar-refractivity contribution in [3.8, 4) is 11.3 Å². The molecule has 5 nitrogen and oxygen atoms in total. The molecule has 0 aliphatic heterocycles. The number of aromatic carboxylic acids is 1. The average molecular weight is 291 g/mol. The normalized spacial score (nSPS) is 10.2. The minimum Gasteiger partial charge on any atom is -0.478 e. The van der Waals surface area contributed by atoms with Gasteiger partial charge < -0.3 is 10.4 Å². The van der Waals surface area contributed by atoms with Crippen molar-refractivity contribution in [1.82, 2.24) is 9.97 Å². The maximum absolute atomic E-state index is 11.0. The quantitative estimate of drug-likeness (QED) is 0.768. The van der Waals surface area contributed by atoms with Crippen molar-refractivity contribution in [3.63, 3.8) is 0 Å². The van der Waals surface area contributed by atoms with Crippen LogP contribution in [0, 0.1) is 0 Å². The van der Waals surface area contributed by atoms with Crippen LogP contribution >= 0.6 is 0 Å². The van der Waals surface area contributed by atoms with E-state index in [0.29, 0.717) is 11.5 Å². The summed E-state index contributed by atoms with van der Waals surface area (Å²) in [7, 11) is 0. The molecule has 0 unspecified atom stereocenters. The van der Waals surface area contributed by atoms with E-state index in [0.717, 1.165) is 11.3 Å². The van der Waals surface area contributed by atoms with Crippen molar-refractivity contribution in [3.05, 3.63) is 72.6 Å². The number of hydrogen-bond donors (Lipinski definition) is 2. The first-order valence-corrected chi connectivity index (χ1v) is 6.70. The van der Waals surface area contributed by atoms with Crippen molar-refractivity contribution in [2.45, 2.75) is 0 Å². The number of benzene rings is 1. The molecule has 3 aromatic rings. The van der Waals surface area contributed by atoms with Gasteiger partial charge in [-0.2, -0.15) is 0 Å². The molecule has 0 amide bonds. The third-order valence-electron chi connectivity index (χ3n) is 3.11. The molecule has 0 saturated heterocycles.